The first-order valence-electron chi connectivity index (χ1n) is 6.33. The van der Waals surface area contributed by atoms with E-state index in [9.17, 15) is 0 Å². The van der Waals surface area contributed by atoms with Crippen molar-refractivity contribution >= 4 is 9.39 Å². The monoisotopic (exact) mass is 257 g/mol. The van der Waals surface area contributed by atoms with Crippen LogP contribution in [-0.4, -0.2) is 4.67 Å². The van der Waals surface area contributed by atoms with E-state index in [-0.39, 0.29) is 0 Å². The van der Waals surface area contributed by atoms with Gasteiger partial charge in [-0.25, -0.2) is 0 Å². The van der Waals surface area contributed by atoms with Crippen molar-refractivity contribution < 1.29 is 0 Å². The van der Waals surface area contributed by atoms with Gasteiger partial charge in [0.2, 0.25) is 0 Å². The lowest BCUT2D eigenvalue weighted by molar-refractivity contribution is 0.310. The lowest BCUT2D eigenvalue weighted by atomic mass is 10.0. The Labute approximate surface area is 112 Å². The molecular formula is C16H20NP. The number of hydrogen-bond acceptors (Lipinski definition) is 1. The summed E-state index contributed by atoms with van der Waals surface area (Å²) in [5, 5.41) is 0. The second kappa shape index (κ2) is 6.13. The summed E-state index contributed by atoms with van der Waals surface area (Å²) >= 11 is 0. The van der Waals surface area contributed by atoms with Gasteiger partial charge in [0.05, 0.1) is 0 Å². The molecule has 0 aromatic heterocycles. The molecule has 1 nitrogen and oxygen atoms in total. The first kappa shape index (κ1) is 13.3. The van der Waals surface area contributed by atoms with Crippen LogP contribution in [0.4, 0.5) is 0 Å². The fraction of sp³-hybridized carbons (Fsp3) is 0.250. The van der Waals surface area contributed by atoms with E-state index in [0.717, 1.165) is 0 Å². The Balaban J connectivity index is 2.14. The Hall–Kier alpha value is -1.17. The van der Waals surface area contributed by atoms with Crippen LogP contribution < -0.4 is 0 Å². The molecule has 2 rings (SSSR count). The quantitative estimate of drug-likeness (QED) is 0.723. The van der Waals surface area contributed by atoms with Crippen LogP contribution >= 0.6 is 9.39 Å². The average molecular weight is 257 g/mol. The van der Waals surface area contributed by atoms with Crippen LogP contribution in [0.1, 0.15) is 37.1 Å². The smallest absolute Gasteiger partial charge is 0.0358 e. The number of rotatable bonds is 4. The molecule has 2 aromatic rings. The second-order valence-electron chi connectivity index (χ2n) is 4.62. The lowest BCUT2D eigenvalue weighted by Crippen LogP contribution is -2.20. The van der Waals surface area contributed by atoms with Gasteiger partial charge in [-0.1, -0.05) is 70.1 Å². The first-order chi connectivity index (χ1) is 8.70. The number of nitrogens with zero attached hydrogens (tertiary/aromatic N) is 1. The van der Waals surface area contributed by atoms with E-state index in [2.05, 4.69) is 88.6 Å². The average Bonchev–Trinajstić information content (AvgIpc) is 2.47. The molecule has 2 aromatic carbocycles. The van der Waals surface area contributed by atoms with E-state index in [4.69, 9.17) is 0 Å². The summed E-state index contributed by atoms with van der Waals surface area (Å²) < 4.78 is 2.32. The van der Waals surface area contributed by atoms with Crippen LogP contribution in [-0.2, 0) is 0 Å². The van der Waals surface area contributed by atoms with Crippen molar-refractivity contribution in [2.45, 2.75) is 25.9 Å². The van der Waals surface area contributed by atoms with E-state index in [1.165, 1.54) is 11.1 Å². The third-order valence-corrected chi connectivity index (χ3v) is 4.35. The van der Waals surface area contributed by atoms with Gasteiger partial charge in [-0.15, -0.1) is 0 Å². The van der Waals surface area contributed by atoms with Gasteiger partial charge in [-0.2, -0.15) is 0 Å². The van der Waals surface area contributed by atoms with Crippen LogP contribution in [0.25, 0.3) is 0 Å². The minimum atomic E-state index is 0.381. The molecule has 0 aliphatic rings. The molecule has 0 heterocycles. The zero-order valence-corrected chi connectivity index (χ0v) is 12.1. The molecule has 0 spiro atoms. The molecule has 3 atom stereocenters. The van der Waals surface area contributed by atoms with Crippen molar-refractivity contribution in [1.82, 2.24) is 4.67 Å². The van der Waals surface area contributed by atoms with Gasteiger partial charge in [-0.05, 0) is 25.0 Å². The van der Waals surface area contributed by atoms with Gasteiger partial charge >= 0.3 is 0 Å². The normalized spacial score (nSPS) is 14.4. The van der Waals surface area contributed by atoms with Gasteiger partial charge in [0, 0.05) is 12.1 Å². The molecule has 0 amide bonds. The van der Waals surface area contributed by atoms with Crippen molar-refractivity contribution in [3.63, 3.8) is 0 Å². The Morgan fingerprint density at radius 3 is 1.39 bits per heavy atom. The van der Waals surface area contributed by atoms with Crippen LogP contribution in [0.2, 0.25) is 0 Å². The topological polar surface area (TPSA) is 3.24 Å². The molecule has 1 unspecified atom stereocenters. The van der Waals surface area contributed by atoms with Crippen LogP contribution in [0, 0.1) is 0 Å². The van der Waals surface area contributed by atoms with Crippen molar-refractivity contribution in [2.75, 3.05) is 0 Å². The maximum Gasteiger partial charge on any atom is 0.0358 e. The highest BCUT2D eigenvalue weighted by atomic mass is 31.0. The van der Waals surface area contributed by atoms with Gasteiger partial charge in [0.15, 0.2) is 0 Å². The summed E-state index contributed by atoms with van der Waals surface area (Å²) in [7, 11) is 2.87. The Morgan fingerprint density at radius 1 is 0.722 bits per heavy atom. The Bertz CT molecular complexity index is 423. The largest absolute Gasteiger partial charge is 0.273 e. The SMILES string of the molecule is C[C@H](c1ccccc1)N(P)[C@H](C)c1ccccc1. The van der Waals surface area contributed by atoms with E-state index in [1.54, 1.807) is 0 Å². The van der Waals surface area contributed by atoms with Crippen LogP contribution in [0.3, 0.4) is 0 Å². The summed E-state index contributed by atoms with van der Waals surface area (Å²) in [4.78, 5) is 0. The van der Waals surface area contributed by atoms with E-state index in [1.807, 2.05) is 0 Å². The maximum absolute atomic E-state index is 2.87. The minimum absolute atomic E-state index is 0.381. The van der Waals surface area contributed by atoms with E-state index >= 15 is 0 Å². The summed E-state index contributed by atoms with van der Waals surface area (Å²) in [5.41, 5.74) is 2.69. The van der Waals surface area contributed by atoms with Crippen molar-refractivity contribution in [2.24, 2.45) is 0 Å². The molecule has 18 heavy (non-hydrogen) atoms. The highest BCUT2D eigenvalue weighted by Crippen LogP contribution is 2.33. The van der Waals surface area contributed by atoms with Crippen molar-refractivity contribution in [3.8, 4) is 0 Å². The lowest BCUT2D eigenvalue weighted by Gasteiger charge is -2.31. The predicted octanol–water partition coefficient (Wildman–Crippen LogP) is 4.60. The first-order valence-corrected chi connectivity index (χ1v) is 6.84. The summed E-state index contributed by atoms with van der Waals surface area (Å²) in [6, 6.07) is 22.0. The highest BCUT2D eigenvalue weighted by molar-refractivity contribution is 7.13. The zero-order valence-electron chi connectivity index (χ0n) is 11.0. The van der Waals surface area contributed by atoms with Gasteiger partial charge in [-0.3, -0.25) is 4.67 Å². The number of benzene rings is 2. The summed E-state index contributed by atoms with van der Waals surface area (Å²) in [6.07, 6.45) is 0. The van der Waals surface area contributed by atoms with E-state index in [0.29, 0.717) is 12.1 Å². The van der Waals surface area contributed by atoms with Gasteiger partial charge < -0.3 is 0 Å². The van der Waals surface area contributed by atoms with Gasteiger partial charge in [0.25, 0.3) is 0 Å². The van der Waals surface area contributed by atoms with Crippen LogP contribution in [0.5, 0.6) is 0 Å². The Morgan fingerprint density at radius 2 is 1.06 bits per heavy atom. The molecule has 0 N–H and O–H groups in total. The highest BCUT2D eigenvalue weighted by Gasteiger charge is 2.18. The molecule has 0 aliphatic heterocycles. The fourth-order valence-corrected chi connectivity index (χ4v) is 2.49. The van der Waals surface area contributed by atoms with Crippen molar-refractivity contribution in [1.29, 1.82) is 0 Å². The maximum atomic E-state index is 2.87. The minimum Gasteiger partial charge on any atom is -0.273 e. The molecule has 0 radical (unpaired) electrons. The number of hydrogen-bond donors (Lipinski definition) is 0. The third kappa shape index (κ3) is 2.98. The standard InChI is InChI=1S/C16H20NP/c1-13(15-9-5-3-6-10-15)17(18)14(2)16-11-7-4-8-12-16/h3-14H,18H2,1-2H3/t13-,14-/m1/s1. The summed E-state index contributed by atoms with van der Waals surface area (Å²) in [6.45, 7) is 4.48. The summed E-state index contributed by atoms with van der Waals surface area (Å²) in [5.74, 6) is 0. The molecule has 0 saturated carbocycles. The molecule has 0 aliphatic carbocycles. The molecule has 0 bridgehead atoms. The molecule has 0 fully saturated rings. The van der Waals surface area contributed by atoms with E-state index < -0.39 is 0 Å². The molecule has 2 heteroatoms. The predicted molar refractivity (Wildman–Crippen MR) is 81.3 cm³/mol. The second-order valence-corrected chi connectivity index (χ2v) is 5.22. The molecule has 94 valence electrons. The third-order valence-electron chi connectivity index (χ3n) is 3.46. The van der Waals surface area contributed by atoms with Gasteiger partial charge in [0.1, 0.15) is 0 Å². The fourth-order valence-electron chi connectivity index (χ4n) is 2.14. The zero-order chi connectivity index (χ0) is 13.0. The van der Waals surface area contributed by atoms with Crippen molar-refractivity contribution in [3.05, 3.63) is 71.8 Å². The Kier molecular flexibility index (Phi) is 4.52. The molecule has 0 saturated heterocycles. The molecular weight excluding hydrogens is 237 g/mol. The van der Waals surface area contributed by atoms with Crippen LogP contribution in [0.15, 0.2) is 60.7 Å².